The number of carboxylic acids is 1. The third-order valence-electron chi connectivity index (χ3n) is 4.11. The summed E-state index contributed by atoms with van der Waals surface area (Å²) < 4.78 is 0. The highest BCUT2D eigenvalue weighted by molar-refractivity contribution is 5.76. The van der Waals surface area contributed by atoms with Gasteiger partial charge in [0.15, 0.2) is 0 Å². The van der Waals surface area contributed by atoms with Gasteiger partial charge in [0.05, 0.1) is 5.41 Å². The molecule has 0 aromatic heterocycles. The molecule has 1 saturated heterocycles. The van der Waals surface area contributed by atoms with Crippen LogP contribution in [-0.4, -0.2) is 59.5 Å². The van der Waals surface area contributed by atoms with Crippen LogP contribution in [0.4, 0.5) is 0 Å². The van der Waals surface area contributed by atoms with Crippen LogP contribution in [0.1, 0.15) is 26.2 Å². The fourth-order valence-electron chi connectivity index (χ4n) is 2.69. The first-order chi connectivity index (χ1) is 8.03. The van der Waals surface area contributed by atoms with Crippen LogP contribution in [0.25, 0.3) is 0 Å². The molecule has 1 N–H and O–H groups in total. The van der Waals surface area contributed by atoms with Gasteiger partial charge in [0.25, 0.3) is 0 Å². The number of hydrogen-bond acceptors (Lipinski definition) is 3. The average Bonchev–Trinajstić information content (AvgIpc) is 2.23. The quantitative estimate of drug-likeness (QED) is 0.776. The molecule has 96 valence electrons. The Bertz CT molecular complexity index is 318. The van der Waals surface area contributed by atoms with Crippen molar-refractivity contribution in [3.8, 4) is 0 Å². The molecule has 0 spiro atoms. The summed E-state index contributed by atoms with van der Waals surface area (Å²) in [6.07, 6.45) is 2.63. The largest absolute Gasteiger partial charge is 0.481 e. The highest BCUT2D eigenvalue weighted by Gasteiger charge is 2.45. The molecule has 2 fully saturated rings. The molecule has 0 aromatic rings. The number of carbonyl (C=O) groups is 2. The standard InChI is InChI=1S/C12H20N2O3/c1-10(15)14-7-5-13(6-8-14)9-12(11(16)17)3-2-4-12/h2-9H2,1H3,(H,16,17). The van der Waals surface area contributed by atoms with E-state index in [0.29, 0.717) is 6.54 Å². The Balaban J connectivity index is 1.85. The van der Waals surface area contributed by atoms with Crippen LogP contribution in [0.3, 0.4) is 0 Å². The van der Waals surface area contributed by atoms with Crippen molar-refractivity contribution in [3.05, 3.63) is 0 Å². The Morgan fingerprint density at radius 3 is 2.12 bits per heavy atom. The molecule has 0 atom stereocenters. The van der Waals surface area contributed by atoms with E-state index < -0.39 is 11.4 Å². The first kappa shape index (κ1) is 12.4. The number of nitrogens with zero attached hydrogens (tertiary/aromatic N) is 2. The lowest BCUT2D eigenvalue weighted by molar-refractivity contribution is -0.157. The number of aliphatic carboxylic acids is 1. The zero-order valence-electron chi connectivity index (χ0n) is 10.3. The minimum Gasteiger partial charge on any atom is -0.481 e. The van der Waals surface area contributed by atoms with E-state index >= 15 is 0 Å². The molecule has 5 nitrogen and oxygen atoms in total. The van der Waals surface area contributed by atoms with E-state index in [0.717, 1.165) is 45.4 Å². The van der Waals surface area contributed by atoms with E-state index in [1.54, 1.807) is 6.92 Å². The van der Waals surface area contributed by atoms with Gasteiger partial charge >= 0.3 is 5.97 Å². The van der Waals surface area contributed by atoms with Gasteiger partial charge in [-0.15, -0.1) is 0 Å². The smallest absolute Gasteiger partial charge is 0.310 e. The van der Waals surface area contributed by atoms with Gasteiger partial charge in [0.2, 0.25) is 5.91 Å². The highest BCUT2D eigenvalue weighted by Crippen LogP contribution is 2.41. The topological polar surface area (TPSA) is 60.9 Å². The second kappa shape index (κ2) is 4.64. The predicted octanol–water partition coefficient (Wildman–Crippen LogP) is 0.405. The molecule has 0 bridgehead atoms. The second-order valence-corrected chi connectivity index (χ2v) is 5.22. The first-order valence-electron chi connectivity index (χ1n) is 6.25. The number of piperazine rings is 1. The average molecular weight is 240 g/mol. The summed E-state index contributed by atoms with van der Waals surface area (Å²) in [5.41, 5.74) is -0.502. The summed E-state index contributed by atoms with van der Waals surface area (Å²) in [7, 11) is 0. The van der Waals surface area contributed by atoms with Crippen molar-refractivity contribution in [2.75, 3.05) is 32.7 Å². The Kier molecular flexibility index (Phi) is 3.38. The summed E-state index contributed by atoms with van der Waals surface area (Å²) in [6.45, 7) is 5.29. The van der Waals surface area contributed by atoms with Crippen LogP contribution in [0.2, 0.25) is 0 Å². The maximum Gasteiger partial charge on any atom is 0.310 e. The SMILES string of the molecule is CC(=O)N1CCN(CC2(C(=O)O)CCC2)CC1. The highest BCUT2D eigenvalue weighted by atomic mass is 16.4. The molecule has 0 unspecified atom stereocenters. The molecule has 1 amide bonds. The van der Waals surface area contributed by atoms with Gasteiger partial charge < -0.3 is 10.0 Å². The van der Waals surface area contributed by atoms with Crippen LogP contribution >= 0.6 is 0 Å². The van der Waals surface area contributed by atoms with Gasteiger partial charge in [0, 0.05) is 39.6 Å². The molecule has 1 saturated carbocycles. The van der Waals surface area contributed by atoms with Crippen molar-refractivity contribution in [1.82, 2.24) is 9.80 Å². The van der Waals surface area contributed by atoms with E-state index in [1.807, 2.05) is 4.90 Å². The minimum atomic E-state index is -0.655. The molecule has 1 aliphatic carbocycles. The minimum absolute atomic E-state index is 0.112. The molecule has 0 radical (unpaired) electrons. The lowest BCUT2D eigenvalue weighted by Crippen LogP contribution is -2.54. The predicted molar refractivity (Wildman–Crippen MR) is 62.6 cm³/mol. The first-order valence-corrected chi connectivity index (χ1v) is 6.25. The lowest BCUT2D eigenvalue weighted by atomic mass is 9.68. The van der Waals surface area contributed by atoms with Crippen molar-refractivity contribution in [2.45, 2.75) is 26.2 Å². The van der Waals surface area contributed by atoms with Gasteiger partial charge in [-0.2, -0.15) is 0 Å². The number of amides is 1. The van der Waals surface area contributed by atoms with Gasteiger partial charge in [0.1, 0.15) is 0 Å². The zero-order chi connectivity index (χ0) is 12.5. The lowest BCUT2D eigenvalue weighted by Gasteiger charge is -2.43. The number of rotatable bonds is 3. The van der Waals surface area contributed by atoms with Crippen LogP contribution in [-0.2, 0) is 9.59 Å². The Labute approximate surface area is 101 Å². The third kappa shape index (κ3) is 2.44. The van der Waals surface area contributed by atoms with Gasteiger partial charge in [-0.1, -0.05) is 6.42 Å². The summed E-state index contributed by atoms with van der Waals surface area (Å²) in [6, 6.07) is 0. The molecule has 1 aliphatic heterocycles. The van der Waals surface area contributed by atoms with Crippen molar-refractivity contribution in [3.63, 3.8) is 0 Å². The Hall–Kier alpha value is -1.10. The van der Waals surface area contributed by atoms with Crippen LogP contribution in [0, 0.1) is 5.41 Å². The molecule has 1 heterocycles. The number of carbonyl (C=O) groups excluding carboxylic acids is 1. The number of carboxylic acid groups (broad SMARTS) is 1. The molecule has 5 heteroatoms. The van der Waals surface area contributed by atoms with Crippen LogP contribution in [0.15, 0.2) is 0 Å². The van der Waals surface area contributed by atoms with E-state index in [9.17, 15) is 14.7 Å². The second-order valence-electron chi connectivity index (χ2n) is 5.22. The summed E-state index contributed by atoms with van der Waals surface area (Å²) in [4.78, 5) is 26.4. The van der Waals surface area contributed by atoms with Crippen LogP contribution in [0.5, 0.6) is 0 Å². The zero-order valence-corrected chi connectivity index (χ0v) is 10.3. The maximum atomic E-state index is 11.3. The molecular formula is C12H20N2O3. The Morgan fingerprint density at radius 1 is 1.18 bits per heavy atom. The molecule has 0 aromatic carbocycles. The Morgan fingerprint density at radius 2 is 1.76 bits per heavy atom. The molecule has 2 aliphatic rings. The van der Waals surface area contributed by atoms with E-state index in [2.05, 4.69) is 4.90 Å². The monoisotopic (exact) mass is 240 g/mol. The fourth-order valence-corrected chi connectivity index (χ4v) is 2.69. The van der Waals surface area contributed by atoms with Crippen molar-refractivity contribution >= 4 is 11.9 Å². The van der Waals surface area contributed by atoms with Crippen molar-refractivity contribution in [1.29, 1.82) is 0 Å². The molecule has 17 heavy (non-hydrogen) atoms. The third-order valence-corrected chi connectivity index (χ3v) is 4.11. The molecule has 2 rings (SSSR count). The van der Waals surface area contributed by atoms with Crippen molar-refractivity contribution < 1.29 is 14.7 Å². The van der Waals surface area contributed by atoms with Gasteiger partial charge in [-0.25, -0.2) is 0 Å². The van der Waals surface area contributed by atoms with E-state index in [-0.39, 0.29) is 5.91 Å². The number of hydrogen-bond donors (Lipinski definition) is 1. The molecular weight excluding hydrogens is 220 g/mol. The van der Waals surface area contributed by atoms with Crippen molar-refractivity contribution in [2.24, 2.45) is 5.41 Å². The van der Waals surface area contributed by atoms with E-state index in [1.165, 1.54) is 0 Å². The summed E-state index contributed by atoms with van der Waals surface area (Å²) in [5, 5.41) is 9.26. The van der Waals surface area contributed by atoms with Gasteiger partial charge in [-0.3, -0.25) is 14.5 Å². The fraction of sp³-hybridized carbons (Fsp3) is 0.833. The van der Waals surface area contributed by atoms with E-state index in [4.69, 9.17) is 0 Å². The maximum absolute atomic E-state index is 11.3. The summed E-state index contributed by atoms with van der Waals surface area (Å²) in [5.74, 6) is -0.543. The summed E-state index contributed by atoms with van der Waals surface area (Å²) >= 11 is 0. The van der Waals surface area contributed by atoms with Crippen LogP contribution < -0.4 is 0 Å². The van der Waals surface area contributed by atoms with Gasteiger partial charge in [-0.05, 0) is 12.8 Å². The normalized spacial score (nSPS) is 24.2.